The Kier molecular flexibility index (Phi) is 12.6. The van der Waals surface area contributed by atoms with Crippen molar-refractivity contribution in [1.29, 1.82) is 0 Å². The van der Waals surface area contributed by atoms with Gasteiger partial charge in [-0.2, -0.15) is 0 Å². The minimum Gasteiger partial charge on any atom is -0.512 e. The fourth-order valence-corrected chi connectivity index (χ4v) is 4.58. The Bertz CT molecular complexity index is 1950. The fourth-order valence-electron chi connectivity index (χ4n) is 4.58. The molecule has 0 aliphatic rings. The van der Waals surface area contributed by atoms with Gasteiger partial charge in [-0.1, -0.05) is 91.5 Å². The van der Waals surface area contributed by atoms with Crippen molar-refractivity contribution in [3.05, 3.63) is 190 Å². The number of hydrogen-bond acceptors (Lipinski definition) is 11. The SMILES string of the molecule is C=C(/C(=C\C=C(/C)c1ccc(N(/C=C(O)/C(O)=C(O)\C(O)=C(/C)O)C(=C(/C)O)/C(O)=C(O)\C(O)=C\O)cc1)c1ccccc1)c1ccccc1. The molecule has 0 unspecified atom stereocenters. The van der Waals surface area contributed by atoms with Gasteiger partial charge in [0, 0.05) is 5.69 Å². The number of nitrogens with zero attached hydrogens (tertiary/aromatic N) is 1. The van der Waals surface area contributed by atoms with E-state index in [9.17, 15) is 46.0 Å². The predicted octanol–water partition coefficient (Wildman–Crippen LogP) is 9.84. The van der Waals surface area contributed by atoms with E-state index in [-0.39, 0.29) is 11.9 Å². The molecule has 0 amide bonds. The average Bonchev–Trinajstić information content (AvgIpc) is 3.13. The lowest BCUT2D eigenvalue weighted by Gasteiger charge is -2.25. The molecule has 3 rings (SSSR count). The van der Waals surface area contributed by atoms with Gasteiger partial charge in [0.2, 0.25) is 17.3 Å². The van der Waals surface area contributed by atoms with E-state index in [1.807, 2.05) is 79.7 Å². The van der Waals surface area contributed by atoms with E-state index in [0.29, 0.717) is 6.20 Å². The largest absolute Gasteiger partial charge is 0.512 e. The Hall–Kier alpha value is -6.88. The van der Waals surface area contributed by atoms with Gasteiger partial charge in [0.25, 0.3) is 0 Å². The molecule has 11 nitrogen and oxygen atoms in total. The van der Waals surface area contributed by atoms with Crippen molar-refractivity contribution in [3.63, 3.8) is 0 Å². The zero-order valence-electron chi connectivity index (χ0n) is 27.5. The molecule has 0 heterocycles. The lowest BCUT2D eigenvalue weighted by molar-refractivity contribution is 0.245. The zero-order chi connectivity index (χ0) is 37.1. The van der Waals surface area contributed by atoms with Crippen molar-refractivity contribution in [3.8, 4) is 0 Å². The summed E-state index contributed by atoms with van der Waals surface area (Å²) in [5.41, 5.74) is 4.60. The Morgan fingerprint density at radius 3 is 1.56 bits per heavy atom. The summed E-state index contributed by atoms with van der Waals surface area (Å²) in [5, 5.41) is 101. The van der Waals surface area contributed by atoms with E-state index in [1.54, 1.807) is 12.1 Å². The second kappa shape index (κ2) is 16.8. The summed E-state index contributed by atoms with van der Waals surface area (Å²) in [6.45, 7) is 8.30. The van der Waals surface area contributed by atoms with Gasteiger partial charge in [-0.3, -0.25) is 0 Å². The highest BCUT2D eigenvalue weighted by molar-refractivity contribution is 6.04. The van der Waals surface area contributed by atoms with Gasteiger partial charge >= 0.3 is 0 Å². The third-order valence-electron chi connectivity index (χ3n) is 7.32. The van der Waals surface area contributed by atoms with Gasteiger partial charge in [0.05, 0.1) is 6.20 Å². The standard InChI is InChI=1S/C39H39NO10/c1-23(15-20-31(29-13-9-6-10-14-29)24(2)28-11-7-5-8-12-28)27-16-18-30(19-17-27)40(21-32(44)36(47)39(50)35(46)26(4)43)34(25(3)42)38(49)37(48)33(45)22-41/h5-22,41-50H,2H2,1,3-4H3/b23-15+,31-20+,32-21-,33-22-,34-25-,35-26-,38-37-,39-36-. The van der Waals surface area contributed by atoms with Crippen molar-refractivity contribution in [2.45, 2.75) is 20.8 Å². The lowest BCUT2D eigenvalue weighted by atomic mass is 9.92. The van der Waals surface area contributed by atoms with Gasteiger partial charge in [-0.25, -0.2) is 0 Å². The molecule has 0 spiro atoms. The first kappa shape index (κ1) is 37.6. The summed E-state index contributed by atoms with van der Waals surface area (Å²) in [4.78, 5) is 0.872. The molecule has 0 fully saturated rings. The minimum absolute atomic E-state index is 0.0865. The summed E-state index contributed by atoms with van der Waals surface area (Å²) in [7, 11) is 0. The Labute approximate surface area is 289 Å². The molecule has 260 valence electrons. The van der Waals surface area contributed by atoms with Gasteiger partial charge in [-0.15, -0.1) is 0 Å². The Morgan fingerprint density at radius 2 is 1.06 bits per heavy atom. The molecule has 0 bridgehead atoms. The number of benzene rings is 3. The van der Waals surface area contributed by atoms with Crippen LogP contribution in [0.4, 0.5) is 5.69 Å². The van der Waals surface area contributed by atoms with Crippen molar-refractivity contribution in [2.75, 3.05) is 4.90 Å². The van der Waals surface area contributed by atoms with E-state index in [1.165, 1.54) is 12.1 Å². The highest BCUT2D eigenvalue weighted by Gasteiger charge is 2.25. The normalized spacial score (nSPS) is 14.9. The van der Waals surface area contributed by atoms with Gasteiger partial charge in [-0.05, 0) is 66.3 Å². The smallest absolute Gasteiger partial charge is 0.207 e. The van der Waals surface area contributed by atoms with Gasteiger partial charge in [0.15, 0.2) is 23.0 Å². The molecule has 3 aromatic rings. The molecular formula is C39H39NO10. The van der Waals surface area contributed by atoms with Crippen LogP contribution in [0.15, 0.2) is 174 Å². The molecule has 0 saturated carbocycles. The average molecular weight is 682 g/mol. The monoisotopic (exact) mass is 681 g/mol. The molecule has 10 N–H and O–H groups in total. The maximum Gasteiger partial charge on any atom is 0.207 e. The van der Waals surface area contributed by atoms with Crippen LogP contribution in [0.3, 0.4) is 0 Å². The molecule has 0 atom stereocenters. The minimum atomic E-state index is -1.31. The second-order valence-electron chi connectivity index (χ2n) is 10.8. The molecular weight excluding hydrogens is 642 g/mol. The topological polar surface area (TPSA) is 206 Å². The van der Waals surface area contributed by atoms with Crippen molar-refractivity contribution in [2.24, 2.45) is 0 Å². The van der Waals surface area contributed by atoms with E-state index in [2.05, 4.69) is 6.58 Å². The number of aliphatic hydroxyl groups is 10. The maximum atomic E-state index is 10.8. The highest BCUT2D eigenvalue weighted by Crippen LogP contribution is 2.33. The van der Waals surface area contributed by atoms with Crippen LogP contribution in [0.1, 0.15) is 37.5 Å². The summed E-state index contributed by atoms with van der Waals surface area (Å²) in [6.07, 6.45) is 4.64. The number of anilines is 1. The molecule has 0 saturated heterocycles. The van der Waals surface area contributed by atoms with E-state index in [0.717, 1.165) is 52.2 Å². The number of allylic oxidation sites excluding steroid dienone is 7. The molecule has 0 radical (unpaired) electrons. The van der Waals surface area contributed by atoms with Crippen molar-refractivity contribution >= 4 is 22.4 Å². The molecule has 11 heteroatoms. The summed E-state index contributed by atoms with van der Waals surface area (Å²) in [5.74, 6) is -9.96. The zero-order valence-corrected chi connectivity index (χ0v) is 27.5. The Morgan fingerprint density at radius 1 is 0.540 bits per heavy atom. The fraction of sp³-hybridized carbons (Fsp3) is 0.0769. The maximum absolute atomic E-state index is 10.8. The van der Waals surface area contributed by atoms with Gasteiger partial charge in [0.1, 0.15) is 23.5 Å². The number of aliphatic hydroxyl groups excluding tert-OH is 10. The van der Waals surface area contributed by atoms with Crippen LogP contribution in [0.2, 0.25) is 0 Å². The quantitative estimate of drug-likeness (QED) is 0.0643. The number of rotatable bonds is 12. The molecule has 50 heavy (non-hydrogen) atoms. The van der Waals surface area contributed by atoms with Crippen LogP contribution >= 0.6 is 0 Å². The molecule has 0 aromatic heterocycles. The Balaban J connectivity index is 2.17. The lowest BCUT2D eigenvalue weighted by Crippen LogP contribution is -2.21. The summed E-state index contributed by atoms with van der Waals surface area (Å²) in [6, 6.07) is 25.8. The van der Waals surface area contributed by atoms with Crippen LogP contribution in [-0.2, 0) is 0 Å². The van der Waals surface area contributed by atoms with E-state index >= 15 is 0 Å². The van der Waals surface area contributed by atoms with Gasteiger partial charge < -0.3 is 56.0 Å². The predicted molar refractivity (Wildman–Crippen MR) is 194 cm³/mol. The summed E-state index contributed by atoms with van der Waals surface area (Å²) >= 11 is 0. The number of hydrogen-bond donors (Lipinski definition) is 10. The van der Waals surface area contributed by atoms with E-state index in [4.69, 9.17) is 5.11 Å². The van der Waals surface area contributed by atoms with Crippen LogP contribution in [0, 0.1) is 0 Å². The molecule has 0 aliphatic heterocycles. The molecule has 0 aliphatic carbocycles. The third-order valence-corrected chi connectivity index (χ3v) is 7.32. The highest BCUT2D eigenvalue weighted by atomic mass is 16.4. The van der Waals surface area contributed by atoms with Crippen LogP contribution in [0.5, 0.6) is 0 Å². The van der Waals surface area contributed by atoms with E-state index < -0.39 is 57.5 Å². The van der Waals surface area contributed by atoms with Crippen molar-refractivity contribution < 1.29 is 51.1 Å². The summed E-state index contributed by atoms with van der Waals surface area (Å²) < 4.78 is 0. The van der Waals surface area contributed by atoms with Crippen LogP contribution in [-0.4, -0.2) is 51.1 Å². The molecule has 3 aromatic carbocycles. The van der Waals surface area contributed by atoms with Crippen molar-refractivity contribution in [1.82, 2.24) is 0 Å². The first-order valence-corrected chi connectivity index (χ1v) is 15.0. The first-order chi connectivity index (χ1) is 23.7. The second-order valence-corrected chi connectivity index (χ2v) is 10.8. The van der Waals surface area contributed by atoms with Crippen LogP contribution in [0.25, 0.3) is 16.7 Å². The van der Waals surface area contributed by atoms with Crippen LogP contribution < -0.4 is 4.90 Å². The first-order valence-electron chi connectivity index (χ1n) is 15.0. The third kappa shape index (κ3) is 8.92.